The first-order valence-electron chi connectivity index (χ1n) is 7.23. The van der Waals surface area contributed by atoms with E-state index in [2.05, 4.69) is 35.9 Å². The van der Waals surface area contributed by atoms with Crippen molar-refractivity contribution in [2.75, 3.05) is 13.6 Å². The highest BCUT2D eigenvalue weighted by atomic mass is 15.3. The van der Waals surface area contributed by atoms with Gasteiger partial charge in [0.15, 0.2) is 0 Å². The molecule has 2 aromatic rings. The van der Waals surface area contributed by atoms with E-state index in [0.29, 0.717) is 12.1 Å². The van der Waals surface area contributed by atoms with Crippen LogP contribution in [0.4, 0.5) is 0 Å². The zero-order valence-electron chi connectivity index (χ0n) is 12.3. The fourth-order valence-corrected chi connectivity index (χ4v) is 2.88. The largest absolute Gasteiger partial charge is 0.298 e. The molecule has 0 aromatic carbocycles. The second-order valence-electron chi connectivity index (χ2n) is 5.72. The lowest BCUT2D eigenvalue weighted by atomic mass is 10.1. The van der Waals surface area contributed by atoms with Crippen LogP contribution in [0.1, 0.15) is 44.5 Å². The third-order valence-electron chi connectivity index (χ3n) is 3.94. The molecule has 1 saturated heterocycles. The average Bonchev–Trinajstić information content (AvgIpc) is 3.07. The molecule has 5 nitrogen and oxygen atoms in total. The monoisotopic (exact) mass is 271 g/mol. The predicted molar refractivity (Wildman–Crippen MR) is 78.2 cm³/mol. The molecule has 3 rings (SSSR count). The molecule has 5 heteroatoms. The molecule has 0 radical (unpaired) electrons. The van der Waals surface area contributed by atoms with Crippen LogP contribution >= 0.6 is 0 Å². The summed E-state index contributed by atoms with van der Waals surface area (Å²) in [6, 6.07) is 2.73. The van der Waals surface area contributed by atoms with Gasteiger partial charge < -0.3 is 0 Å². The molecular formula is C15H21N5. The van der Waals surface area contributed by atoms with Crippen LogP contribution in [-0.4, -0.2) is 38.2 Å². The van der Waals surface area contributed by atoms with Crippen LogP contribution in [0.15, 0.2) is 24.7 Å². The molecule has 106 valence electrons. The van der Waals surface area contributed by atoms with Gasteiger partial charge in [-0.3, -0.25) is 14.6 Å². The van der Waals surface area contributed by atoms with Crippen LogP contribution in [0.25, 0.3) is 11.4 Å². The van der Waals surface area contributed by atoms with E-state index in [1.165, 1.54) is 6.42 Å². The highest BCUT2D eigenvalue weighted by molar-refractivity contribution is 5.53. The molecule has 0 amide bonds. The van der Waals surface area contributed by atoms with Crippen LogP contribution in [-0.2, 0) is 0 Å². The van der Waals surface area contributed by atoms with Gasteiger partial charge in [0, 0.05) is 12.2 Å². The number of rotatable bonds is 3. The van der Waals surface area contributed by atoms with Crippen LogP contribution in [0, 0.1) is 0 Å². The Bertz CT molecular complexity index is 589. The number of aromatic nitrogens is 4. The summed E-state index contributed by atoms with van der Waals surface area (Å²) in [4.78, 5) is 11.6. The van der Waals surface area contributed by atoms with Crippen molar-refractivity contribution in [3.8, 4) is 11.4 Å². The van der Waals surface area contributed by atoms with Crippen LogP contribution in [0.2, 0.25) is 0 Å². The number of nitrogens with zero attached hydrogens (tertiary/aromatic N) is 5. The van der Waals surface area contributed by atoms with Gasteiger partial charge in [0.25, 0.3) is 0 Å². The Morgan fingerprint density at radius 2 is 2.15 bits per heavy atom. The summed E-state index contributed by atoms with van der Waals surface area (Å²) in [5.41, 5.74) is 3.02. The van der Waals surface area contributed by atoms with E-state index in [1.54, 1.807) is 0 Å². The summed E-state index contributed by atoms with van der Waals surface area (Å²) in [7, 11) is 2.16. The van der Waals surface area contributed by atoms with Gasteiger partial charge in [0.2, 0.25) is 0 Å². The highest BCUT2D eigenvalue weighted by Gasteiger charge is 2.24. The minimum Gasteiger partial charge on any atom is -0.298 e. The van der Waals surface area contributed by atoms with Gasteiger partial charge in [-0.1, -0.05) is 0 Å². The average molecular weight is 271 g/mol. The summed E-state index contributed by atoms with van der Waals surface area (Å²) in [6.45, 7) is 5.39. The topological polar surface area (TPSA) is 46.8 Å². The first-order chi connectivity index (χ1) is 9.66. The molecule has 0 spiro atoms. The zero-order chi connectivity index (χ0) is 14.1. The number of hydrogen-bond donors (Lipinski definition) is 0. The van der Waals surface area contributed by atoms with Crippen molar-refractivity contribution in [1.82, 2.24) is 24.6 Å². The van der Waals surface area contributed by atoms with Gasteiger partial charge in [-0.05, 0) is 46.3 Å². The summed E-state index contributed by atoms with van der Waals surface area (Å²) in [6.07, 6.45) is 7.95. The van der Waals surface area contributed by atoms with Crippen molar-refractivity contribution < 1.29 is 0 Å². The minimum absolute atomic E-state index is 0.319. The quantitative estimate of drug-likeness (QED) is 0.861. The molecule has 0 saturated carbocycles. The normalized spacial score (nSPS) is 19.9. The van der Waals surface area contributed by atoms with Gasteiger partial charge in [-0.15, -0.1) is 0 Å². The maximum atomic E-state index is 4.83. The number of hydrogen-bond acceptors (Lipinski definition) is 4. The lowest BCUT2D eigenvalue weighted by Gasteiger charge is -2.19. The Morgan fingerprint density at radius 3 is 2.85 bits per heavy atom. The molecule has 1 aliphatic rings. The maximum absolute atomic E-state index is 4.83. The zero-order valence-corrected chi connectivity index (χ0v) is 12.3. The van der Waals surface area contributed by atoms with E-state index >= 15 is 0 Å². The van der Waals surface area contributed by atoms with Crippen molar-refractivity contribution in [3.63, 3.8) is 0 Å². The molecule has 1 fully saturated rings. The van der Waals surface area contributed by atoms with Crippen molar-refractivity contribution in [2.24, 2.45) is 0 Å². The third-order valence-corrected chi connectivity index (χ3v) is 3.94. The van der Waals surface area contributed by atoms with E-state index in [9.17, 15) is 0 Å². The summed E-state index contributed by atoms with van der Waals surface area (Å²) in [5.74, 6) is 0. The van der Waals surface area contributed by atoms with E-state index < -0.39 is 0 Å². The maximum Gasteiger partial charge on any atom is 0.107 e. The van der Waals surface area contributed by atoms with Crippen LogP contribution in [0.3, 0.4) is 0 Å². The Hall–Kier alpha value is -1.75. The lowest BCUT2D eigenvalue weighted by molar-refractivity contribution is 0.311. The fraction of sp³-hybridized carbons (Fsp3) is 0.533. The molecule has 0 aliphatic carbocycles. The summed E-state index contributed by atoms with van der Waals surface area (Å²) >= 11 is 0. The fourth-order valence-electron chi connectivity index (χ4n) is 2.88. The molecular weight excluding hydrogens is 250 g/mol. The molecule has 2 aromatic heterocycles. The molecule has 0 unspecified atom stereocenters. The van der Waals surface area contributed by atoms with E-state index in [4.69, 9.17) is 4.98 Å². The van der Waals surface area contributed by atoms with E-state index in [1.807, 2.05) is 29.3 Å². The molecule has 0 N–H and O–H groups in total. The Kier molecular flexibility index (Phi) is 3.53. The summed E-state index contributed by atoms with van der Waals surface area (Å²) in [5, 5.41) is 4.37. The van der Waals surface area contributed by atoms with Gasteiger partial charge in [0.1, 0.15) is 5.69 Å². The van der Waals surface area contributed by atoms with Gasteiger partial charge in [0.05, 0.1) is 29.8 Å². The third kappa shape index (κ3) is 2.33. The van der Waals surface area contributed by atoms with E-state index in [-0.39, 0.29) is 0 Å². The second-order valence-corrected chi connectivity index (χ2v) is 5.72. The van der Waals surface area contributed by atoms with E-state index in [0.717, 1.165) is 30.0 Å². The Labute approximate surface area is 119 Å². The smallest absolute Gasteiger partial charge is 0.107 e. The van der Waals surface area contributed by atoms with Crippen molar-refractivity contribution in [2.45, 2.75) is 38.8 Å². The minimum atomic E-state index is 0.319. The first kappa shape index (κ1) is 13.2. The molecule has 20 heavy (non-hydrogen) atoms. The Morgan fingerprint density at radius 1 is 1.30 bits per heavy atom. The highest BCUT2D eigenvalue weighted by Crippen LogP contribution is 2.30. The first-order valence-corrected chi connectivity index (χ1v) is 7.23. The van der Waals surface area contributed by atoms with Crippen molar-refractivity contribution in [1.29, 1.82) is 0 Å². The van der Waals surface area contributed by atoms with Crippen LogP contribution < -0.4 is 0 Å². The van der Waals surface area contributed by atoms with Crippen molar-refractivity contribution in [3.05, 3.63) is 30.4 Å². The molecule has 1 aliphatic heterocycles. The van der Waals surface area contributed by atoms with Gasteiger partial charge in [-0.25, -0.2) is 4.98 Å². The van der Waals surface area contributed by atoms with Gasteiger partial charge >= 0.3 is 0 Å². The molecule has 3 heterocycles. The number of likely N-dealkylation sites (tertiary alicyclic amines) is 1. The standard InChI is InChI=1S/C15H21N5/c1-11(2)20-15(6-7-17-20)13-10-16-9-12(18-13)14-5-4-8-19(14)3/h6-7,9-11,14H,4-5,8H2,1-3H3/t14-/m0/s1. The SMILES string of the molecule is CC(C)n1nccc1-c1cncc([C@@H]2CCCN2C)n1. The van der Waals surface area contributed by atoms with Crippen LogP contribution in [0.5, 0.6) is 0 Å². The van der Waals surface area contributed by atoms with Gasteiger partial charge in [-0.2, -0.15) is 5.10 Å². The second kappa shape index (κ2) is 5.32. The lowest BCUT2D eigenvalue weighted by Crippen LogP contribution is -2.19. The molecule has 1 atom stereocenters. The predicted octanol–water partition coefficient (Wildman–Crippen LogP) is 2.69. The van der Waals surface area contributed by atoms with Crippen molar-refractivity contribution >= 4 is 0 Å². The summed E-state index contributed by atoms with van der Waals surface area (Å²) < 4.78 is 1.99. The molecule has 0 bridgehead atoms. The Balaban J connectivity index is 1.97.